The first-order chi connectivity index (χ1) is 14.6. The van der Waals surface area contributed by atoms with Gasteiger partial charge in [0.1, 0.15) is 0 Å². The fourth-order valence-electron chi connectivity index (χ4n) is 2.25. The Morgan fingerprint density at radius 2 is 1.65 bits per heavy atom. The van der Waals surface area contributed by atoms with E-state index < -0.39 is 18.0 Å². The van der Waals surface area contributed by atoms with Crippen molar-refractivity contribution in [3.63, 3.8) is 0 Å². The molecule has 0 saturated carbocycles. The molecule has 160 valence electrons. The zero-order valence-electron chi connectivity index (χ0n) is 15.2. The van der Waals surface area contributed by atoms with E-state index in [1.54, 1.807) is 35.6 Å². The molecule has 12 heteroatoms. The van der Waals surface area contributed by atoms with E-state index in [4.69, 9.17) is 23.2 Å². The molecule has 0 atom stereocenters. The topological polar surface area (TPSA) is 84.0 Å². The summed E-state index contributed by atoms with van der Waals surface area (Å²) in [5, 5.41) is 13.0. The normalized spacial score (nSPS) is 11.8. The zero-order chi connectivity index (χ0) is 22.6. The molecule has 1 heterocycles. The van der Waals surface area contributed by atoms with Crippen LogP contribution in [0, 0.1) is 0 Å². The summed E-state index contributed by atoms with van der Waals surface area (Å²) in [7, 11) is 0. The second-order valence-electron chi connectivity index (χ2n) is 5.94. The lowest BCUT2D eigenvalue weighted by Gasteiger charge is -2.08. The highest BCUT2D eigenvalue weighted by molar-refractivity contribution is 7.15. The van der Waals surface area contributed by atoms with Crippen molar-refractivity contribution >= 4 is 68.8 Å². The molecular weight excluding hydrogens is 476 g/mol. The number of amides is 2. The summed E-state index contributed by atoms with van der Waals surface area (Å²) in [5.74, 6) is -2.58. The average molecular weight is 487 g/mol. The van der Waals surface area contributed by atoms with Gasteiger partial charge in [-0.15, -0.1) is 10.2 Å². The SMILES string of the molecule is O=C(Nc1ccc(Cl)cc1)c1nnc(/C(Cl)=C/c2cccc(NC(=O)C(F)(F)F)c2)s1. The first kappa shape index (κ1) is 22.7. The lowest BCUT2D eigenvalue weighted by Crippen LogP contribution is -2.29. The largest absolute Gasteiger partial charge is 0.471 e. The Labute approximate surface area is 187 Å². The molecule has 0 aliphatic heterocycles. The van der Waals surface area contributed by atoms with Crippen molar-refractivity contribution in [3.05, 3.63) is 69.1 Å². The summed E-state index contributed by atoms with van der Waals surface area (Å²) in [6, 6.07) is 12.1. The van der Waals surface area contributed by atoms with Crippen LogP contribution in [-0.4, -0.2) is 28.2 Å². The van der Waals surface area contributed by atoms with Gasteiger partial charge < -0.3 is 10.6 Å². The fourth-order valence-corrected chi connectivity index (χ4v) is 3.30. The van der Waals surface area contributed by atoms with E-state index in [1.165, 1.54) is 24.3 Å². The molecule has 0 aliphatic carbocycles. The third kappa shape index (κ3) is 6.27. The third-order valence-electron chi connectivity index (χ3n) is 3.62. The van der Waals surface area contributed by atoms with Crippen LogP contribution in [0.4, 0.5) is 24.5 Å². The first-order valence-electron chi connectivity index (χ1n) is 8.38. The molecule has 31 heavy (non-hydrogen) atoms. The minimum absolute atomic E-state index is 0.0548. The van der Waals surface area contributed by atoms with Crippen LogP contribution < -0.4 is 10.6 Å². The second-order valence-corrected chi connectivity index (χ2v) is 7.76. The maximum Gasteiger partial charge on any atom is 0.471 e. The maximum absolute atomic E-state index is 12.4. The molecule has 2 amide bonds. The molecule has 0 aliphatic rings. The standard InChI is InChI=1S/C19H11Cl2F3N4O2S/c20-11-4-6-12(7-5-11)25-15(29)17-28-27-16(31-17)14(21)9-10-2-1-3-13(8-10)26-18(30)19(22,23)24/h1-9H,(H,25,29)(H,26,30)/b14-9-. The van der Waals surface area contributed by atoms with Crippen LogP contribution in [0.2, 0.25) is 5.02 Å². The van der Waals surface area contributed by atoms with E-state index in [9.17, 15) is 22.8 Å². The third-order valence-corrected chi connectivity index (χ3v) is 5.23. The van der Waals surface area contributed by atoms with Crippen molar-refractivity contribution in [2.45, 2.75) is 6.18 Å². The molecule has 0 fully saturated rings. The van der Waals surface area contributed by atoms with Gasteiger partial charge in [-0.25, -0.2) is 0 Å². The molecule has 2 aromatic carbocycles. The van der Waals surface area contributed by atoms with E-state index in [0.29, 0.717) is 16.3 Å². The Bertz CT molecular complexity index is 1150. The van der Waals surface area contributed by atoms with Crippen LogP contribution in [0.5, 0.6) is 0 Å². The Morgan fingerprint density at radius 3 is 2.32 bits per heavy atom. The van der Waals surface area contributed by atoms with Gasteiger partial charge in [0.2, 0.25) is 5.01 Å². The molecule has 0 spiro atoms. The van der Waals surface area contributed by atoms with Gasteiger partial charge in [0.05, 0.1) is 5.03 Å². The summed E-state index contributed by atoms with van der Waals surface area (Å²) >= 11 is 13.0. The lowest BCUT2D eigenvalue weighted by atomic mass is 10.2. The number of hydrogen-bond acceptors (Lipinski definition) is 5. The molecule has 1 aromatic heterocycles. The van der Waals surface area contributed by atoms with Crippen molar-refractivity contribution in [1.29, 1.82) is 0 Å². The number of rotatable bonds is 5. The van der Waals surface area contributed by atoms with Gasteiger partial charge in [0, 0.05) is 16.4 Å². The number of halogens is 5. The number of carbonyl (C=O) groups is 2. The molecule has 0 radical (unpaired) electrons. The quantitative estimate of drug-likeness (QED) is 0.485. The Balaban J connectivity index is 1.72. The number of anilines is 2. The summed E-state index contributed by atoms with van der Waals surface area (Å²) in [5.41, 5.74) is 0.874. The average Bonchev–Trinajstić information content (AvgIpc) is 3.20. The molecule has 3 aromatic rings. The Morgan fingerprint density at radius 1 is 0.968 bits per heavy atom. The molecule has 6 nitrogen and oxygen atoms in total. The number of nitrogens with zero attached hydrogens (tertiary/aromatic N) is 2. The number of carbonyl (C=O) groups excluding carboxylic acids is 2. The Hall–Kier alpha value is -2.95. The van der Waals surface area contributed by atoms with Crippen molar-refractivity contribution < 1.29 is 22.8 Å². The monoisotopic (exact) mass is 486 g/mol. The van der Waals surface area contributed by atoms with Gasteiger partial charge in [0.25, 0.3) is 5.91 Å². The molecule has 0 saturated heterocycles. The predicted octanol–water partition coefficient (Wildman–Crippen LogP) is 5.68. The van der Waals surface area contributed by atoms with Crippen LogP contribution in [-0.2, 0) is 4.79 Å². The zero-order valence-corrected chi connectivity index (χ0v) is 17.5. The van der Waals surface area contributed by atoms with Crippen molar-refractivity contribution in [2.75, 3.05) is 10.6 Å². The summed E-state index contributed by atoms with van der Waals surface area (Å²) < 4.78 is 37.2. The smallest absolute Gasteiger partial charge is 0.320 e. The summed E-state index contributed by atoms with van der Waals surface area (Å²) in [6.07, 6.45) is -3.58. The fraction of sp³-hybridized carbons (Fsp3) is 0.0526. The van der Waals surface area contributed by atoms with E-state index in [0.717, 1.165) is 11.3 Å². The summed E-state index contributed by atoms with van der Waals surface area (Å²) in [6.45, 7) is 0. The van der Waals surface area contributed by atoms with Crippen LogP contribution in [0.3, 0.4) is 0 Å². The Kier molecular flexibility index (Phi) is 6.94. The molecular formula is C19H11Cl2F3N4O2S. The van der Waals surface area contributed by atoms with Gasteiger partial charge in [-0.1, -0.05) is 46.7 Å². The highest BCUT2D eigenvalue weighted by atomic mass is 35.5. The summed E-state index contributed by atoms with van der Waals surface area (Å²) in [4.78, 5) is 23.4. The van der Waals surface area contributed by atoms with Crippen LogP contribution in [0.1, 0.15) is 20.4 Å². The maximum atomic E-state index is 12.4. The van der Waals surface area contributed by atoms with Gasteiger partial charge in [-0.3, -0.25) is 9.59 Å². The minimum Gasteiger partial charge on any atom is -0.320 e. The number of aromatic nitrogens is 2. The van der Waals surface area contributed by atoms with E-state index in [-0.39, 0.29) is 20.7 Å². The predicted molar refractivity (Wildman–Crippen MR) is 114 cm³/mol. The van der Waals surface area contributed by atoms with Crippen LogP contribution in [0.25, 0.3) is 11.1 Å². The molecule has 0 unspecified atom stereocenters. The number of benzene rings is 2. The van der Waals surface area contributed by atoms with Crippen molar-refractivity contribution in [3.8, 4) is 0 Å². The second kappa shape index (κ2) is 9.46. The minimum atomic E-state index is -5.00. The van der Waals surface area contributed by atoms with Gasteiger partial charge >= 0.3 is 12.1 Å². The number of hydrogen-bond donors (Lipinski definition) is 2. The highest BCUT2D eigenvalue weighted by Crippen LogP contribution is 2.27. The van der Waals surface area contributed by atoms with Gasteiger partial charge in [-0.2, -0.15) is 13.2 Å². The number of alkyl halides is 3. The molecule has 2 N–H and O–H groups in total. The van der Waals surface area contributed by atoms with Gasteiger partial charge in [0.15, 0.2) is 5.01 Å². The number of nitrogens with one attached hydrogen (secondary N) is 2. The van der Waals surface area contributed by atoms with Crippen LogP contribution in [0.15, 0.2) is 48.5 Å². The van der Waals surface area contributed by atoms with E-state index in [2.05, 4.69) is 15.5 Å². The van der Waals surface area contributed by atoms with E-state index >= 15 is 0 Å². The van der Waals surface area contributed by atoms with Gasteiger partial charge in [-0.05, 0) is 48.0 Å². The molecule has 3 rings (SSSR count). The van der Waals surface area contributed by atoms with Crippen molar-refractivity contribution in [1.82, 2.24) is 10.2 Å². The first-order valence-corrected chi connectivity index (χ1v) is 9.95. The van der Waals surface area contributed by atoms with Crippen LogP contribution >= 0.6 is 34.5 Å². The highest BCUT2D eigenvalue weighted by Gasteiger charge is 2.38. The van der Waals surface area contributed by atoms with E-state index in [1.807, 2.05) is 0 Å². The van der Waals surface area contributed by atoms with Crippen molar-refractivity contribution in [2.24, 2.45) is 0 Å². The lowest BCUT2D eigenvalue weighted by molar-refractivity contribution is -0.167. The molecule has 0 bridgehead atoms.